The third-order valence-electron chi connectivity index (χ3n) is 2.10. The largest absolute Gasteiger partial charge is 0.480 e. The molecular weight excluding hydrogens is 208 g/mol. The normalized spacial score (nSPS) is 11.9. The maximum Gasteiger partial charge on any atom is 0.310 e. The topological polar surface area (TPSA) is 78.4 Å². The van der Waals surface area contributed by atoms with Crippen LogP contribution in [0, 0.1) is 10.1 Å². The highest BCUT2D eigenvalue weighted by Crippen LogP contribution is 2.28. The Kier molecular flexibility index (Phi) is 4.02. The van der Waals surface area contributed by atoms with Crippen molar-refractivity contribution in [1.82, 2.24) is 0 Å². The molecule has 1 rings (SSSR count). The van der Waals surface area contributed by atoms with E-state index >= 15 is 0 Å². The van der Waals surface area contributed by atoms with Gasteiger partial charge in [-0.2, -0.15) is 0 Å². The average Bonchev–Trinajstić information content (AvgIpc) is 2.28. The molecule has 0 aliphatic heterocycles. The van der Waals surface area contributed by atoms with E-state index in [0.717, 1.165) is 5.56 Å². The Morgan fingerprint density at radius 1 is 1.69 bits per heavy atom. The molecule has 5 nitrogen and oxygen atoms in total. The standard InChI is InChI=1S/C11H14N2O3/c1-3-8(2)16-11-6-9(7-12)4-5-10(11)13(14)15/h3-6,8H,1,7,12H2,2H3. The zero-order valence-corrected chi connectivity index (χ0v) is 9.05. The van der Waals surface area contributed by atoms with Gasteiger partial charge in [0.05, 0.1) is 4.92 Å². The molecule has 5 heteroatoms. The second-order valence-corrected chi connectivity index (χ2v) is 3.32. The van der Waals surface area contributed by atoms with E-state index in [1.165, 1.54) is 6.07 Å². The zero-order chi connectivity index (χ0) is 12.1. The van der Waals surface area contributed by atoms with Gasteiger partial charge < -0.3 is 10.5 Å². The highest BCUT2D eigenvalue weighted by molar-refractivity contribution is 5.48. The minimum atomic E-state index is -0.481. The lowest BCUT2D eigenvalue weighted by Gasteiger charge is -2.11. The van der Waals surface area contributed by atoms with Crippen molar-refractivity contribution in [3.05, 3.63) is 46.5 Å². The van der Waals surface area contributed by atoms with Crippen molar-refractivity contribution in [2.45, 2.75) is 19.6 Å². The van der Waals surface area contributed by atoms with Gasteiger partial charge in [-0.25, -0.2) is 0 Å². The summed E-state index contributed by atoms with van der Waals surface area (Å²) in [6.07, 6.45) is 1.28. The highest BCUT2D eigenvalue weighted by Gasteiger charge is 2.16. The van der Waals surface area contributed by atoms with Crippen molar-refractivity contribution in [1.29, 1.82) is 0 Å². The SMILES string of the molecule is C=CC(C)Oc1cc(CN)ccc1[N+](=O)[O-]. The van der Waals surface area contributed by atoms with Crippen LogP contribution >= 0.6 is 0 Å². The van der Waals surface area contributed by atoms with Crippen LogP contribution < -0.4 is 10.5 Å². The smallest absolute Gasteiger partial charge is 0.310 e. The number of hydrogen-bond donors (Lipinski definition) is 1. The van der Waals surface area contributed by atoms with E-state index < -0.39 is 4.92 Å². The van der Waals surface area contributed by atoms with Gasteiger partial charge >= 0.3 is 5.69 Å². The molecule has 1 unspecified atom stereocenters. The van der Waals surface area contributed by atoms with E-state index in [0.29, 0.717) is 6.54 Å². The molecule has 0 amide bonds. The van der Waals surface area contributed by atoms with Crippen LogP contribution in [0.25, 0.3) is 0 Å². The number of nitrogens with zero attached hydrogens (tertiary/aromatic N) is 1. The molecular formula is C11H14N2O3. The lowest BCUT2D eigenvalue weighted by atomic mass is 10.2. The highest BCUT2D eigenvalue weighted by atomic mass is 16.6. The molecule has 0 fully saturated rings. The Bertz CT molecular complexity index is 404. The van der Waals surface area contributed by atoms with Gasteiger partial charge in [-0.1, -0.05) is 18.7 Å². The van der Waals surface area contributed by atoms with Gasteiger partial charge in [0.1, 0.15) is 6.10 Å². The molecule has 16 heavy (non-hydrogen) atoms. The van der Waals surface area contributed by atoms with E-state index in [4.69, 9.17) is 10.5 Å². The van der Waals surface area contributed by atoms with Crippen LogP contribution in [0.5, 0.6) is 5.75 Å². The third-order valence-corrected chi connectivity index (χ3v) is 2.10. The first-order chi connectivity index (χ1) is 7.58. The summed E-state index contributed by atoms with van der Waals surface area (Å²) >= 11 is 0. The van der Waals surface area contributed by atoms with E-state index in [9.17, 15) is 10.1 Å². The molecule has 0 radical (unpaired) electrons. The predicted octanol–water partition coefficient (Wildman–Crippen LogP) is 2.01. The average molecular weight is 222 g/mol. The van der Waals surface area contributed by atoms with Crippen LogP contribution in [0.3, 0.4) is 0 Å². The molecule has 86 valence electrons. The number of nitro groups is 1. The number of ether oxygens (including phenoxy) is 1. The molecule has 0 saturated heterocycles. The summed E-state index contributed by atoms with van der Waals surface area (Å²) in [7, 11) is 0. The molecule has 0 bridgehead atoms. The van der Waals surface area contributed by atoms with Gasteiger partial charge in [-0.3, -0.25) is 10.1 Å². The molecule has 2 N–H and O–H groups in total. The first-order valence-electron chi connectivity index (χ1n) is 4.85. The lowest BCUT2D eigenvalue weighted by molar-refractivity contribution is -0.386. The van der Waals surface area contributed by atoms with Gasteiger partial charge in [0.2, 0.25) is 0 Å². The fraction of sp³-hybridized carbons (Fsp3) is 0.273. The van der Waals surface area contributed by atoms with E-state index in [1.54, 1.807) is 25.1 Å². The minimum Gasteiger partial charge on any atom is -0.480 e. The second-order valence-electron chi connectivity index (χ2n) is 3.32. The Balaban J connectivity index is 3.09. The fourth-order valence-corrected chi connectivity index (χ4v) is 1.18. The Morgan fingerprint density at radius 3 is 2.88 bits per heavy atom. The molecule has 0 spiro atoms. The van der Waals surface area contributed by atoms with Crippen molar-refractivity contribution in [2.75, 3.05) is 0 Å². The van der Waals surface area contributed by atoms with Crippen molar-refractivity contribution in [3.63, 3.8) is 0 Å². The van der Waals surface area contributed by atoms with Crippen molar-refractivity contribution < 1.29 is 9.66 Å². The Morgan fingerprint density at radius 2 is 2.38 bits per heavy atom. The number of benzene rings is 1. The molecule has 0 aromatic heterocycles. The summed E-state index contributed by atoms with van der Waals surface area (Å²) in [6, 6.07) is 4.59. The van der Waals surface area contributed by atoms with Gasteiger partial charge in [0, 0.05) is 12.6 Å². The third kappa shape index (κ3) is 2.80. The van der Waals surface area contributed by atoms with Crippen molar-refractivity contribution in [2.24, 2.45) is 5.73 Å². The number of nitrogens with two attached hydrogens (primary N) is 1. The molecule has 0 aliphatic rings. The second kappa shape index (κ2) is 5.27. The maximum atomic E-state index is 10.8. The fourth-order valence-electron chi connectivity index (χ4n) is 1.18. The van der Waals surface area contributed by atoms with Crippen LogP contribution in [0.15, 0.2) is 30.9 Å². The zero-order valence-electron chi connectivity index (χ0n) is 9.05. The summed E-state index contributed by atoms with van der Waals surface area (Å²) in [6.45, 7) is 5.63. The maximum absolute atomic E-state index is 10.8. The van der Waals surface area contributed by atoms with Gasteiger partial charge in [0.15, 0.2) is 5.75 Å². The van der Waals surface area contributed by atoms with Crippen LogP contribution in [-0.4, -0.2) is 11.0 Å². The lowest BCUT2D eigenvalue weighted by Crippen LogP contribution is -2.09. The van der Waals surface area contributed by atoms with Gasteiger partial charge in [0.25, 0.3) is 0 Å². The molecule has 0 heterocycles. The number of rotatable bonds is 5. The van der Waals surface area contributed by atoms with Crippen LogP contribution in [0.2, 0.25) is 0 Å². The Labute approximate surface area is 93.7 Å². The van der Waals surface area contributed by atoms with Crippen molar-refractivity contribution >= 4 is 5.69 Å². The quantitative estimate of drug-likeness (QED) is 0.469. The minimum absolute atomic E-state index is 0.0640. The van der Waals surface area contributed by atoms with Crippen LogP contribution in [0.1, 0.15) is 12.5 Å². The summed E-state index contributed by atoms with van der Waals surface area (Å²) in [4.78, 5) is 10.3. The first-order valence-corrected chi connectivity index (χ1v) is 4.85. The monoisotopic (exact) mass is 222 g/mol. The summed E-state index contributed by atoms with van der Waals surface area (Å²) < 4.78 is 5.38. The summed E-state index contributed by atoms with van der Waals surface area (Å²) in [5.74, 6) is 0.223. The summed E-state index contributed by atoms with van der Waals surface area (Å²) in [5, 5.41) is 10.8. The summed E-state index contributed by atoms with van der Waals surface area (Å²) in [5.41, 5.74) is 6.19. The number of hydrogen-bond acceptors (Lipinski definition) is 4. The van der Waals surface area contributed by atoms with Crippen LogP contribution in [-0.2, 0) is 6.54 Å². The molecule has 1 aromatic carbocycles. The van der Waals surface area contributed by atoms with Gasteiger partial charge in [-0.05, 0) is 18.6 Å². The van der Waals surface area contributed by atoms with E-state index in [2.05, 4.69) is 6.58 Å². The first kappa shape index (κ1) is 12.2. The van der Waals surface area contributed by atoms with E-state index in [-0.39, 0.29) is 17.5 Å². The van der Waals surface area contributed by atoms with Crippen LogP contribution in [0.4, 0.5) is 5.69 Å². The van der Waals surface area contributed by atoms with E-state index in [1.807, 2.05) is 0 Å². The van der Waals surface area contributed by atoms with Crippen molar-refractivity contribution in [3.8, 4) is 5.75 Å². The number of nitro benzene ring substituents is 1. The van der Waals surface area contributed by atoms with Gasteiger partial charge in [-0.15, -0.1) is 0 Å². The molecule has 0 saturated carbocycles. The predicted molar refractivity (Wildman–Crippen MR) is 61.3 cm³/mol. The molecule has 0 aliphatic carbocycles. The molecule has 1 atom stereocenters. The molecule has 1 aromatic rings. The Hall–Kier alpha value is -1.88.